The van der Waals surface area contributed by atoms with Crippen molar-refractivity contribution >= 4 is 12.0 Å². The first-order chi connectivity index (χ1) is 13.5. The molecule has 28 heavy (non-hydrogen) atoms. The number of nitrogens with one attached hydrogen (secondary N) is 2. The number of pyridine rings is 1. The highest BCUT2D eigenvalue weighted by Crippen LogP contribution is 2.26. The van der Waals surface area contributed by atoms with E-state index in [9.17, 15) is 14.5 Å². The Kier molecular flexibility index (Phi) is 8.44. The molecule has 2 rings (SSSR count). The number of aromatic nitrogens is 1. The molecule has 1 aliphatic rings. The molecule has 1 aromatic heterocycles. The van der Waals surface area contributed by atoms with Crippen LogP contribution in [0.2, 0.25) is 0 Å². The number of carbonyl (C=O) groups is 2. The Hall–Kier alpha value is -2.91. The van der Waals surface area contributed by atoms with Gasteiger partial charge in [0.15, 0.2) is 19.0 Å². The molecule has 0 spiro atoms. The van der Waals surface area contributed by atoms with Crippen molar-refractivity contribution in [1.82, 2.24) is 10.6 Å². The maximum atomic E-state index is 12.0. The molecule has 1 aromatic rings. The number of carbonyl (C=O) groups excluding carboxylic acids is 2. The standard InChI is InChI=1S/C18H26N4O6/c1-14(15-6-3-2-4-7-15)20-18(24)27-13-21-10-5-8-16(12-21)17(23)19-9-11-28-22(25)26/h5,8,10,12,14-15H,2-4,6-7,9,11,13H2,1H3,(H-2,19,20,23,24,25,26)/p+2/t14-/m0/s1. The first-order valence-corrected chi connectivity index (χ1v) is 9.45. The first-order valence-electron chi connectivity index (χ1n) is 9.45. The summed E-state index contributed by atoms with van der Waals surface area (Å²) in [6.07, 6.45) is 8.67. The van der Waals surface area contributed by atoms with Gasteiger partial charge in [-0.1, -0.05) is 19.3 Å². The van der Waals surface area contributed by atoms with Crippen molar-refractivity contribution in [2.24, 2.45) is 5.92 Å². The second kappa shape index (κ2) is 11.1. The lowest BCUT2D eigenvalue weighted by molar-refractivity contribution is -0.975. The van der Waals surface area contributed by atoms with Gasteiger partial charge in [-0.05, 0) is 31.7 Å². The summed E-state index contributed by atoms with van der Waals surface area (Å²) in [6.45, 7) is 1.86. The summed E-state index contributed by atoms with van der Waals surface area (Å²) in [7, 11) is 0. The van der Waals surface area contributed by atoms with Gasteiger partial charge in [0.05, 0.1) is 6.54 Å². The lowest BCUT2D eigenvalue weighted by atomic mass is 9.85. The Morgan fingerprint density at radius 3 is 2.82 bits per heavy atom. The second-order valence-corrected chi connectivity index (χ2v) is 6.83. The molecule has 0 aliphatic heterocycles. The lowest BCUT2D eigenvalue weighted by Gasteiger charge is -2.27. The number of nitrogens with zero attached hydrogens (tertiary/aromatic N) is 2. The largest absolute Gasteiger partial charge is 0.475 e. The van der Waals surface area contributed by atoms with E-state index in [2.05, 4.69) is 15.5 Å². The summed E-state index contributed by atoms with van der Waals surface area (Å²) in [5.74, 6) is 0.105. The maximum Gasteiger partial charge on any atom is 0.475 e. The van der Waals surface area contributed by atoms with Crippen LogP contribution < -0.4 is 15.2 Å². The molecule has 1 fully saturated rings. The van der Waals surface area contributed by atoms with E-state index >= 15 is 0 Å². The van der Waals surface area contributed by atoms with Crippen LogP contribution in [0, 0.1) is 10.8 Å². The number of ether oxygens (including phenoxy) is 1. The number of alkyl carbamates (subject to hydrolysis) is 1. The van der Waals surface area contributed by atoms with Gasteiger partial charge in [-0.15, -0.1) is 0 Å². The van der Waals surface area contributed by atoms with Crippen LogP contribution in [0.5, 0.6) is 0 Å². The zero-order chi connectivity index (χ0) is 20.4. The van der Waals surface area contributed by atoms with Gasteiger partial charge in [0, 0.05) is 12.1 Å². The predicted octanol–water partition coefficient (Wildman–Crippen LogP) is 1.46. The van der Waals surface area contributed by atoms with Gasteiger partial charge in [-0.2, -0.15) is 9.40 Å². The number of amides is 2. The smallest absolute Gasteiger partial charge is 0.388 e. The van der Waals surface area contributed by atoms with Gasteiger partial charge in [0.2, 0.25) is 0 Å². The van der Waals surface area contributed by atoms with Crippen molar-refractivity contribution in [1.29, 1.82) is 0 Å². The molecule has 1 atom stereocenters. The Balaban J connectivity index is 1.76. The van der Waals surface area contributed by atoms with Crippen molar-refractivity contribution in [2.45, 2.75) is 51.8 Å². The molecule has 154 valence electrons. The van der Waals surface area contributed by atoms with Crippen molar-refractivity contribution in [3.63, 3.8) is 0 Å². The van der Waals surface area contributed by atoms with Crippen LogP contribution in [0.25, 0.3) is 0 Å². The molecule has 2 amide bonds. The number of rotatable bonds is 9. The van der Waals surface area contributed by atoms with Crippen LogP contribution in [0.15, 0.2) is 24.5 Å². The quantitative estimate of drug-likeness (QED) is 0.330. The minimum Gasteiger partial charge on any atom is -0.388 e. The molecule has 10 heteroatoms. The molecule has 0 saturated heterocycles. The van der Waals surface area contributed by atoms with Crippen molar-refractivity contribution in [3.05, 3.63) is 35.0 Å². The average molecular weight is 396 g/mol. The molecule has 0 unspecified atom stereocenters. The van der Waals surface area contributed by atoms with Crippen molar-refractivity contribution < 1.29 is 34.0 Å². The molecule has 1 heterocycles. The lowest BCUT2D eigenvalue weighted by Crippen LogP contribution is -2.43. The Morgan fingerprint density at radius 1 is 1.36 bits per heavy atom. The van der Waals surface area contributed by atoms with E-state index < -0.39 is 11.2 Å². The topological polar surface area (TPSA) is 121 Å². The molecule has 10 nitrogen and oxygen atoms in total. The monoisotopic (exact) mass is 396 g/mol. The molecule has 3 N–H and O–H groups in total. The van der Waals surface area contributed by atoms with Gasteiger partial charge >= 0.3 is 11.2 Å². The van der Waals surface area contributed by atoms with E-state index in [-0.39, 0.29) is 31.8 Å². The van der Waals surface area contributed by atoms with E-state index in [0.29, 0.717) is 11.5 Å². The fraction of sp³-hybridized carbons (Fsp3) is 0.611. The zero-order valence-corrected chi connectivity index (χ0v) is 16.0. The van der Waals surface area contributed by atoms with Gasteiger partial charge < -0.3 is 15.4 Å². The van der Waals surface area contributed by atoms with Crippen molar-refractivity contribution in [3.8, 4) is 0 Å². The molecular formula is C18H28N4O6+2. The fourth-order valence-electron chi connectivity index (χ4n) is 3.24. The van der Waals surface area contributed by atoms with Crippen LogP contribution in [0.1, 0.15) is 49.4 Å². The molecular weight excluding hydrogens is 368 g/mol. The highest BCUT2D eigenvalue weighted by Gasteiger charge is 2.22. The maximum absolute atomic E-state index is 12.0. The molecule has 0 aromatic carbocycles. The van der Waals surface area contributed by atoms with Crippen LogP contribution in [0.4, 0.5) is 4.79 Å². The number of hydrogen-bond donors (Lipinski definition) is 3. The summed E-state index contributed by atoms with van der Waals surface area (Å²) in [5, 5.41) is 13.0. The minimum atomic E-state index is -0.667. The third-order valence-corrected chi connectivity index (χ3v) is 4.76. The highest BCUT2D eigenvalue weighted by molar-refractivity contribution is 5.93. The molecule has 1 saturated carbocycles. The fourth-order valence-corrected chi connectivity index (χ4v) is 3.24. The minimum absolute atomic E-state index is 0.0247. The highest BCUT2D eigenvalue weighted by atomic mass is 16.9. The van der Waals surface area contributed by atoms with Gasteiger partial charge in [-0.3, -0.25) is 4.79 Å². The predicted molar refractivity (Wildman–Crippen MR) is 96.0 cm³/mol. The molecule has 0 bridgehead atoms. The van der Waals surface area contributed by atoms with E-state index in [0.717, 1.165) is 12.8 Å². The zero-order valence-electron chi connectivity index (χ0n) is 16.0. The van der Waals surface area contributed by atoms with Crippen LogP contribution in [-0.4, -0.2) is 41.5 Å². The van der Waals surface area contributed by atoms with Gasteiger partial charge in [-0.25, -0.2) is 10.0 Å². The Bertz CT molecular complexity index is 678. The van der Waals surface area contributed by atoms with E-state index in [1.807, 2.05) is 6.92 Å². The van der Waals surface area contributed by atoms with Crippen LogP contribution >= 0.6 is 0 Å². The Morgan fingerprint density at radius 2 is 2.11 bits per heavy atom. The van der Waals surface area contributed by atoms with E-state index in [4.69, 9.17) is 9.94 Å². The summed E-state index contributed by atoms with van der Waals surface area (Å²) < 4.78 is 6.82. The average Bonchev–Trinajstić information content (AvgIpc) is 2.70. The third-order valence-electron chi connectivity index (χ3n) is 4.76. The van der Waals surface area contributed by atoms with Gasteiger partial charge in [0.25, 0.3) is 12.6 Å². The van der Waals surface area contributed by atoms with E-state index in [1.165, 1.54) is 19.3 Å². The van der Waals surface area contributed by atoms with Crippen molar-refractivity contribution in [2.75, 3.05) is 13.2 Å². The van der Waals surface area contributed by atoms with Crippen LogP contribution in [0.3, 0.4) is 0 Å². The molecule has 1 aliphatic carbocycles. The summed E-state index contributed by atoms with van der Waals surface area (Å²) >= 11 is 0. The molecule has 0 radical (unpaired) electrons. The third kappa shape index (κ3) is 7.37. The number of hydrogen-bond acceptors (Lipinski definition) is 5. The second-order valence-electron chi connectivity index (χ2n) is 6.83. The summed E-state index contributed by atoms with van der Waals surface area (Å²) in [4.78, 5) is 38.5. The normalized spacial score (nSPS) is 15.3. The summed E-state index contributed by atoms with van der Waals surface area (Å²) in [6, 6.07) is 3.33. The van der Waals surface area contributed by atoms with Gasteiger partial charge in [0.1, 0.15) is 10.5 Å². The Labute approximate surface area is 163 Å². The van der Waals surface area contributed by atoms with E-state index in [1.54, 1.807) is 29.1 Å². The SMILES string of the molecule is C[C@H](NC(=O)OC[n+]1cccc(C(=O)NCCO[N+](=O)O)c1)C1CCCCC1. The first kappa shape index (κ1) is 21.4. The van der Waals surface area contributed by atoms with Crippen LogP contribution in [-0.2, 0) is 16.3 Å². The summed E-state index contributed by atoms with van der Waals surface area (Å²) in [5.41, 5.74) is 0.352.